The zero-order chi connectivity index (χ0) is 13.2. The molecule has 2 rings (SSSR count). The molecule has 0 unspecified atom stereocenters. The van der Waals surface area contributed by atoms with Gasteiger partial charge < -0.3 is 4.90 Å². The van der Waals surface area contributed by atoms with Crippen molar-refractivity contribution in [1.82, 2.24) is 8.87 Å². The van der Waals surface area contributed by atoms with E-state index in [4.69, 9.17) is 0 Å². The Hall–Kier alpha value is -1.59. The van der Waals surface area contributed by atoms with Crippen molar-refractivity contribution in [2.45, 2.75) is 11.4 Å². The van der Waals surface area contributed by atoms with Gasteiger partial charge in [0.1, 0.15) is 0 Å². The molecule has 0 bridgehead atoms. The van der Waals surface area contributed by atoms with Crippen LogP contribution in [0, 0.1) is 6.07 Å². The maximum absolute atomic E-state index is 12.4. The third-order valence-corrected chi connectivity index (χ3v) is 4.27. The summed E-state index contributed by atoms with van der Waals surface area (Å²) in [6.45, 7) is 0.584. The standard InChI is InChI=1S/C13H15N2O2S/c1-14(2)11-12-7-3-4-8-13(12)18(16,17)15-9-5-6-10-15/h3-5,7-10H,11H2,1-2H3. The maximum atomic E-state index is 12.4. The molecule has 0 spiro atoms. The highest BCUT2D eigenvalue weighted by atomic mass is 32.2. The van der Waals surface area contributed by atoms with Crippen LogP contribution in [0.15, 0.2) is 47.6 Å². The van der Waals surface area contributed by atoms with Crippen molar-refractivity contribution in [3.8, 4) is 0 Å². The Morgan fingerprint density at radius 2 is 2.00 bits per heavy atom. The zero-order valence-electron chi connectivity index (χ0n) is 10.4. The number of aromatic nitrogens is 1. The summed E-state index contributed by atoms with van der Waals surface area (Å²) < 4.78 is 26.0. The number of hydrogen-bond acceptors (Lipinski definition) is 3. The van der Waals surface area contributed by atoms with Gasteiger partial charge in [-0.1, -0.05) is 18.2 Å². The number of rotatable bonds is 4. The van der Waals surface area contributed by atoms with E-state index in [2.05, 4.69) is 6.07 Å². The van der Waals surface area contributed by atoms with Gasteiger partial charge in [-0.15, -0.1) is 0 Å². The predicted octanol–water partition coefficient (Wildman–Crippen LogP) is 1.59. The lowest BCUT2D eigenvalue weighted by atomic mass is 10.2. The average Bonchev–Trinajstić information content (AvgIpc) is 2.82. The maximum Gasteiger partial charge on any atom is 0.267 e. The summed E-state index contributed by atoms with van der Waals surface area (Å²) in [5.41, 5.74) is 0.788. The van der Waals surface area contributed by atoms with Crippen LogP contribution in [0.5, 0.6) is 0 Å². The van der Waals surface area contributed by atoms with Crippen molar-refractivity contribution in [2.24, 2.45) is 0 Å². The SMILES string of the molecule is CN(C)Cc1ccccc1S(=O)(=O)n1c[c]cc1. The van der Waals surface area contributed by atoms with Crippen molar-refractivity contribution in [3.05, 3.63) is 54.4 Å². The molecule has 0 aliphatic rings. The first kappa shape index (κ1) is 12.9. The van der Waals surface area contributed by atoms with Crippen LogP contribution in [0.25, 0.3) is 0 Å². The zero-order valence-corrected chi connectivity index (χ0v) is 11.2. The summed E-state index contributed by atoms with van der Waals surface area (Å²) in [5.74, 6) is 0. The minimum Gasteiger partial charge on any atom is -0.305 e. The van der Waals surface area contributed by atoms with Crippen molar-refractivity contribution in [1.29, 1.82) is 0 Å². The molecule has 0 amide bonds. The fourth-order valence-electron chi connectivity index (χ4n) is 1.77. The van der Waals surface area contributed by atoms with Gasteiger partial charge in [0.05, 0.1) is 4.90 Å². The lowest BCUT2D eigenvalue weighted by Gasteiger charge is -2.14. The smallest absolute Gasteiger partial charge is 0.267 e. The molecule has 0 atom stereocenters. The van der Waals surface area contributed by atoms with E-state index < -0.39 is 10.0 Å². The van der Waals surface area contributed by atoms with Crippen LogP contribution in [-0.2, 0) is 16.6 Å². The molecule has 1 radical (unpaired) electrons. The van der Waals surface area contributed by atoms with Crippen LogP contribution in [0.2, 0.25) is 0 Å². The lowest BCUT2D eigenvalue weighted by molar-refractivity contribution is 0.398. The van der Waals surface area contributed by atoms with E-state index in [-0.39, 0.29) is 0 Å². The number of benzene rings is 1. The molecule has 0 aliphatic heterocycles. The first-order valence-corrected chi connectivity index (χ1v) is 6.98. The van der Waals surface area contributed by atoms with Gasteiger partial charge in [-0.05, 0) is 31.8 Å². The number of hydrogen-bond donors (Lipinski definition) is 0. The Bertz CT molecular complexity index is 616. The third-order valence-electron chi connectivity index (χ3n) is 2.53. The Kier molecular flexibility index (Phi) is 3.54. The minimum absolute atomic E-state index is 0.336. The van der Waals surface area contributed by atoms with Gasteiger partial charge in [-0.2, -0.15) is 0 Å². The van der Waals surface area contributed by atoms with E-state index in [0.29, 0.717) is 11.4 Å². The summed E-state index contributed by atoms with van der Waals surface area (Å²) in [7, 11) is 0.306. The minimum atomic E-state index is -3.51. The van der Waals surface area contributed by atoms with Gasteiger partial charge in [0.15, 0.2) is 0 Å². The van der Waals surface area contributed by atoms with E-state index >= 15 is 0 Å². The summed E-state index contributed by atoms with van der Waals surface area (Å²) in [6, 6.07) is 11.4. The lowest BCUT2D eigenvalue weighted by Crippen LogP contribution is -2.17. The topological polar surface area (TPSA) is 42.3 Å². The molecule has 0 fully saturated rings. The van der Waals surface area contributed by atoms with Gasteiger partial charge in [-0.3, -0.25) is 0 Å². The van der Waals surface area contributed by atoms with Crippen molar-refractivity contribution in [3.63, 3.8) is 0 Å². The van der Waals surface area contributed by atoms with Crippen LogP contribution < -0.4 is 0 Å². The molecule has 1 aromatic carbocycles. The quantitative estimate of drug-likeness (QED) is 0.841. The molecule has 18 heavy (non-hydrogen) atoms. The fraction of sp³-hybridized carbons (Fsp3) is 0.231. The van der Waals surface area contributed by atoms with Gasteiger partial charge >= 0.3 is 0 Å². The predicted molar refractivity (Wildman–Crippen MR) is 69.7 cm³/mol. The van der Waals surface area contributed by atoms with Crippen molar-refractivity contribution >= 4 is 10.0 Å². The summed E-state index contributed by atoms with van der Waals surface area (Å²) in [4.78, 5) is 2.28. The van der Waals surface area contributed by atoms with Crippen LogP contribution in [0.3, 0.4) is 0 Å². The van der Waals surface area contributed by atoms with E-state index in [1.54, 1.807) is 18.2 Å². The van der Waals surface area contributed by atoms with E-state index in [1.165, 1.54) is 16.4 Å². The highest BCUT2D eigenvalue weighted by Gasteiger charge is 2.19. The Balaban J connectivity index is 2.51. The molecule has 5 heteroatoms. The second kappa shape index (κ2) is 4.96. The Morgan fingerprint density at radius 1 is 1.28 bits per heavy atom. The van der Waals surface area contributed by atoms with Crippen LogP contribution in [0.4, 0.5) is 0 Å². The first-order chi connectivity index (χ1) is 8.51. The molecular weight excluding hydrogens is 248 g/mol. The average molecular weight is 263 g/mol. The summed E-state index contributed by atoms with van der Waals surface area (Å²) in [5, 5.41) is 0. The first-order valence-electron chi connectivity index (χ1n) is 5.54. The second-order valence-corrected chi connectivity index (χ2v) is 6.10. The highest BCUT2D eigenvalue weighted by molar-refractivity contribution is 7.90. The third kappa shape index (κ3) is 2.47. The fourth-order valence-corrected chi connectivity index (χ4v) is 3.13. The number of nitrogens with zero attached hydrogens (tertiary/aromatic N) is 2. The van der Waals surface area contributed by atoms with E-state index in [0.717, 1.165) is 5.56 Å². The molecule has 95 valence electrons. The van der Waals surface area contributed by atoms with Gasteiger partial charge in [-0.25, -0.2) is 12.4 Å². The molecule has 0 aliphatic carbocycles. The van der Waals surface area contributed by atoms with Crippen molar-refractivity contribution in [2.75, 3.05) is 14.1 Å². The van der Waals surface area contributed by atoms with Crippen LogP contribution in [0.1, 0.15) is 5.56 Å². The highest BCUT2D eigenvalue weighted by Crippen LogP contribution is 2.19. The van der Waals surface area contributed by atoms with E-state index in [9.17, 15) is 8.42 Å². The van der Waals surface area contributed by atoms with Gasteiger partial charge in [0, 0.05) is 25.0 Å². The largest absolute Gasteiger partial charge is 0.305 e. The van der Waals surface area contributed by atoms with Crippen LogP contribution in [-0.4, -0.2) is 31.4 Å². The van der Waals surface area contributed by atoms with Crippen LogP contribution >= 0.6 is 0 Å². The molecule has 0 saturated carbocycles. The molecule has 2 aromatic rings. The second-order valence-electron chi connectivity index (χ2n) is 4.29. The normalized spacial score (nSPS) is 11.9. The summed E-state index contributed by atoms with van der Waals surface area (Å²) >= 11 is 0. The van der Waals surface area contributed by atoms with E-state index in [1.807, 2.05) is 31.1 Å². The molecule has 0 saturated heterocycles. The van der Waals surface area contributed by atoms with Gasteiger partial charge in [0.2, 0.25) is 0 Å². The molecule has 1 heterocycles. The molecule has 4 nitrogen and oxygen atoms in total. The molecular formula is C13H15N2O2S. The molecule has 0 N–H and O–H groups in total. The van der Waals surface area contributed by atoms with Gasteiger partial charge in [0.25, 0.3) is 10.0 Å². The molecule has 1 aromatic heterocycles. The Labute approximate surface area is 108 Å². The Morgan fingerprint density at radius 3 is 2.61 bits per heavy atom. The summed E-state index contributed by atoms with van der Waals surface area (Å²) in [6.07, 6.45) is 2.91. The van der Waals surface area contributed by atoms with Crippen molar-refractivity contribution < 1.29 is 8.42 Å². The monoisotopic (exact) mass is 263 g/mol.